The molecule has 0 amide bonds. The van der Waals surface area contributed by atoms with Gasteiger partial charge in [0.1, 0.15) is 0 Å². The summed E-state index contributed by atoms with van der Waals surface area (Å²) in [6, 6.07) is 0. The van der Waals surface area contributed by atoms with Gasteiger partial charge in [0.05, 0.1) is 0 Å². The largest absolute Gasteiger partial charge is 0.403 e. The molecule has 2 nitrogen and oxygen atoms in total. The summed E-state index contributed by atoms with van der Waals surface area (Å²) in [4.78, 5) is 3.97. The fourth-order valence-corrected chi connectivity index (χ4v) is 0.427. The van der Waals surface area contributed by atoms with E-state index in [1.54, 1.807) is 12.3 Å². The number of aliphatic imine (C=N–C) groups is 1. The van der Waals surface area contributed by atoms with E-state index in [9.17, 15) is 0 Å². The second kappa shape index (κ2) is 11.7. The van der Waals surface area contributed by atoms with Crippen LogP contribution in [-0.4, -0.2) is 5.71 Å². The van der Waals surface area contributed by atoms with Crippen LogP contribution in [0, 0.1) is 0 Å². The van der Waals surface area contributed by atoms with E-state index < -0.39 is 0 Å². The fourth-order valence-electron chi connectivity index (χ4n) is 0.427. The normalized spacial score (nSPS) is 10.6. The summed E-state index contributed by atoms with van der Waals surface area (Å²) in [7, 11) is 0. The first kappa shape index (κ1) is 12.6. The molecule has 0 aromatic heterocycles. The van der Waals surface area contributed by atoms with E-state index in [0.717, 1.165) is 12.1 Å². The monoisotopic (exact) mass is 154 g/mol. The molecule has 0 bridgehead atoms. The summed E-state index contributed by atoms with van der Waals surface area (Å²) in [5.41, 5.74) is 6.02. The summed E-state index contributed by atoms with van der Waals surface area (Å²) in [5.74, 6) is 0. The average Bonchev–Trinajstić information content (AvgIpc) is 2.10. The molecule has 0 aliphatic heterocycles. The van der Waals surface area contributed by atoms with Crippen molar-refractivity contribution in [1.82, 2.24) is 0 Å². The van der Waals surface area contributed by atoms with Crippen LogP contribution in [-0.2, 0) is 0 Å². The van der Waals surface area contributed by atoms with Crippen LogP contribution in [0.5, 0.6) is 0 Å². The molecular formula is C9H18N2. The molecule has 0 atom stereocenters. The zero-order chi connectivity index (χ0) is 9.11. The second-order valence-corrected chi connectivity index (χ2v) is 1.52. The summed E-state index contributed by atoms with van der Waals surface area (Å²) in [6.45, 7) is 9.60. The number of hydrogen-bond donors (Lipinski definition) is 1. The van der Waals surface area contributed by atoms with Crippen molar-refractivity contribution in [2.24, 2.45) is 10.7 Å². The Morgan fingerprint density at radius 1 is 1.55 bits per heavy atom. The molecule has 0 aliphatic carbocycles. The van der Waals surface area contributed by atoms with Crippen molar-refractivity contribution in [1.29, 1.82) is 0 Å². The van der Waals surface area contributed by atoms with E-state index in [0.29, 0.717) is 0 Å². The maximum absolute atomic E-state index is 5.06. The van der Waals surface area contributed by atoms with E-state index in [1.165, 1.54) is 6.20 Å². The molecule has 0 aromatic carbocycles. The summed E-state index contributed by atoms with van der Waals surface area (Å²) in [6.07, 6.45) is 5.58. The molecule has 0 rings (SSSR count). The molecule has 11 heavy (non-hydrogen) atoms. The molecule has 64 valence electrons. The van der Waals surface area contributed by atoms with Crippen LogP contribution in [0.1, 0.15) is 27.2 Å². The Balaban J connectivity index is 0. The van der Waals surface area contributed by atoms with Crippen LogP contribution in [0.25, 0.3) is 0 Å². The molecule has 2 heteroatoms. The van der Waals surface area contributed by atoms with Gasteiger partial charge in [0.2, 0.25) is 0 Å². The molecular weight excluding hydrogens is 136 g/mol. The van der Waals surface area contributed by atoms with E-state index >= 15 is 0 Å². The number of allylic oxidation sites excluding steroid dienone is 1. The molecule has 2 N–H and O–H groups in total. The minimum absolute atomic E-state index is 0.897. The number of nitrogens with two attached hydrogens (primary N) is 1. The van der Waals surface area contributed by atoms with Crippen molar-refractivity contribution in [3.05, 3.63) is 25.1 Å². The highest BCUT2D eigenvalue weighted by molar-refractivity contribution is 5.94. The molecule has 0 radical (unpaired) electrons. The van der Waals surface area contributed by atoms with Gasteiger partial charge in [0, 0.05) is 18.1 Å². The Labute approximate surface area is 69.5 Å². The molecule has 0 unspecified atom stereocenters. The van der Waals surface area contributed by atoms with E-state index in [4.69, 9.17) is 5.73 Å². The highest BCUT2D eigenvalue weighted by Crippen LogP contribution is 1.86. The highest BCUT2D eigenvalue weighted by atomic mass is 14.7. The number of rotatable bonds is 3. The van der Waals surface area contributed by atoms with Crippen LogP contribution in [0.2, 0.25) is 0 Å². The van der Waals surface area contributed by atoms with Crippen LogP contribution >= 0.6 is 0 Å². The maximum Gasteiger partial charge on any atom is 0.0425 e. The van der Waals surface area contributed by atoms with Gasteiger partial charge < -0.3 is 5.73 Å². The Hall–Kier alpha value is -1.05. The Morgan fingerprint density at radius 2 is 2.09 bits per heavy atom. The van der Waals surface area contributed by atoms with Gasteiger partial charge >= 0.3 is 0 Å². The van der Waals surface area contributed by atoms with Crippen molar-refractivity contribution in [2.75, 3.05) is 0 Å². The van der Waals surface area contributed by atoms with Gasteiger partial charge in [-0.2, -0.15) is 0 Å². The quantitative estimate of drug-likeness (QED) is 0.623. The molecule has 0 aromatic rings. The third-order valence-corrected chi connectivity index (χ3v) is 0.924. The van der Waals surface area contributed by atoms with Crippen LogP contribution in [0.4, 0.5) is 0 Å². The van der Waals surface area contributed by atoms with Crippen molar-refractivity contribution < 1.29 is 0 Å². The summed E-state index contributed by atoms with van der Waals surface area (Å²) in [5, 5.41) is 0. The van der Waals surface area contributed by atoms with Crippen LogP contribution in [0.3, 0.4) is 0 Å². The van der Waals surface area contributed by atoms with Crippen LogP contribution < -0.4 is 5.73 Å². The smallest absolute Gasteiger partial charge is 0.0425 e. The van der Waals surface area contributed by atoms with Gasteiger partial charge in [-0.15, -0.1) is 0 Å². The Bertz CT molecular complexity index is 134. The van der Waals surface area contributed by atoms with Gasteiger partial charge in [0.25, 0.3) is 0 Å². The third-order valence-electron chi connectivity index (χ3n) is 0.924. The van der Waals surface area contributed by atoms with Crippen molar-refractivity contribution >= 4 is 5.71 Å². The predicted molar refractivity (Wildman–Crippen MR) is 52.6 cm³/mol. The van der Waals surface area contributed by atoms with Gasteiger partial charge in [-0.3, -0.25) is 4.99 Å². The highest BCUT2D eigenvalue weighted by Gasteiger charge is 1.81. The Morgan fingerprint density at radius 3 is 2.36 bits per heavy atom. The topological polar surface area (TPSA) is 38.4 Å². The number of nitrogens with zero attached hydrogens (tertiary/aromatic N) is 1. The zero-order valence-electron chi connectivity index (χ0n) is 7.67. The lowest BCUT2D eigenvalue weighted by atomic mass is 10.3. The molecule has 0 heterocycles. The molecule has 0 spiro atoms. The van der Waals surface area contributed by atoms with Gasteiger partial charge in [-0.25, -0.2) is 0 Å². The summed E-state index contributed by atoms with van der Waals surface area (Å²) < 4.78 is 0. The van der Waals surface area contributed by atoms with E-state index in [1.807, 2.05) is 20.8 Å². The number of hydrogen-bond acceptors (Lipinski definition) is 2. The second-order valence-electron chi connectivity index (χ2n) is 1.52. The average molecular weight is 154 g/mol. The zero-order valence-corrected chi connectivity index (χ0v) is 7.67. The van der Waals surface area contributed by atoms with E-state index in [2.05, 4.69) is 11.6 Å². The lowest BCUT2D eigenvalue weighted by Gasteiger charge is -1.88. The minimum Gasteiger partial charge on any atom is -0.403 e. The first-order valence-electron chi connectivity index (χ1n) is 3.91. The van der Waals surface area contributed by atoms with Gasteiger partial charge in [-0.05, 0) is 12.5 Å². The Kier molecular flexibility index (Phi) is 13.4. The molecule has 0 saturated heterocycles. The summed E-state index contributed by atoms with van der Waals surface area (Å²) >= 11 is 0. The van der Waals surface area contributed by atoms with Crippen molar-refractivity contribution in [3.63, 3.8) is 0 Å². The van der Waals surface area contributed by atoms with Gasteiger partial charge in [0.15, 0.2) is 0 Å². The maximum atomic E-state index is 5.06. The lowest BCUT2D eigenvalue weighted by Crippen LogP contribution is -1.87. The first-order valence-corrected chi connectivity index (χ1v) is 3.91. The first-order chi connectivity index (χ1) is 5.35. The fraction of sp³-hybridized carbons (Fsp3) is 0.444. The lowest BCUT2D eigenvalue weighted by molar-refractivity contribution is 1.28. The SMILES string of the molecule is C=CC(CC)=N/C=C\N.CC. The standard InChI is InChI=1S/C7H12N2.C2H6/c1-3-7(4-2)9-6-5-8;1-2/h3,5-6H,1,4,8H2,2H3;1-2H3/b6-5-,9-7?;. The molecule has 0 saturated carbocycles. The van der Waals surface area contributed by atoms with Crippen molar-refractivity contribution in [2.45, 2.75) is 27.2 Å². The molecule has 0 aliphatic rings. The van der Waals surface area contributed by atoms with Crippen LogP contribution in [0.15, 0.2) is 30.0 Å². The minimum atomic E-state index is 0.897. The third kappa shape index (κ3) is 8.95. The predicted octanol–water partition coefficient (Wildman–Crippen LogP) is 2.48. The van der Waals surface area contributed by atoms with Crippen molar-refractivity contribution in [3.8, 4) is 0 Å². The molecule has 0 fully saturated rings. The van der Waals surface area contributed by atoms with E-state index in [-0.39, 0.29) is 0 Å². The van der Waals surface area contributed by atoms with Gasteiger partial charge in [-0.1, -0.05) is 27.4 Å².